The summed E-state index contributed by atoms with van der Waals surface area (Å²) >= 11 is 8.37. The van der Waals surface area contributed by atoms with Crippen LogP contribution in [0.5, 0.6) is 5.75 Å². The van der Waals surface area contributed by atoms with Crippen molar-refractivity contribution in [2.75, 3.05) is 6.61 Å². The number of ether oxygens (including phenoxy) is 1. The van der Waals surface area contributed by atoms with Crippen molar-refractivity contribution >= 4 is 43.9 Å². The quantitative estimate of drug-likeness (QED) is 0.875. The summed E-state index contributed by atoms with van der Waals surface area (Å²) in [5, 5.41) is 2.32. The standard InChI is InChI=1S/C13H12BrNOS/c14-13-10-4-2-1-3-9(10)5-6-11(13)16-8-7-12(15)17/h1-6H,7-8H2,(H2,15,17). The van der Waals surface area contributed by atoms with Gasteiger partial charge >= 0.3 is 0 Å². The van der Waals surface area contributed by atoms with Crippen LogP contribution in [0.2, 0.25) is 0 Å². The number of hydrogen-bond donors (Lipinski definition) is 1. The van der Waals surface area contributed by atoms with E-state index in [1.807, 2.05) is 24.3 Å². The molecule has 0 unspecified atom stereocenters. The molecule has 4 heteroatoms. The minimum absolute atomic E-state index is 0.474. The molecule has 2 aromatic carbocycles. The van der Waals surface area contributed by atoms with Crippen LogP contribution in [0.4, 0.5) is 0 Å². The average Bonchev–Trinajstić information content (AvgIpc) is 2.32. The van der Waals surface area contributed by atoms with Crippen LogP contribution in [-0.2, 0) is 0 Å². The Morgan fingerprint density at radius 2 is 2.00 bits per heavy atom. The molecule has 0 saturated heterocycles. The fraction of sp³-hybridized carbons (Fsp3) is 0.154. The Kier molecular flexibility index (Phi) is 3.97. The third-order valence-electron chi connectivity index (χ3n) is 2.43. The molecule has 0 saturated carbocycles. The van der Waals surface area contributed by atoms with E-state index in [-0.39, 0.29) is 0 Å². The predicted octanol–water partition coefficient (Wildman–Crippen LogP) is 3.66. The summed E-state index contributed by atoms with van der Waals surface area (Å²) < 4.78 is 6.61. The third kappa shape index (κ3) is 2.96. The van der Waals surface area contributed by atoms with E-state index in [1.165, 1.54) is 5.39 Å². The van der Waals surface area contributed by atoms with Crippen LogP contribution in [0, 0.1) is 0 Å². The van der Waals surface area contributed by atoms with E-state index in [0.717, 1.165) is 15.6 Å². The minimum atomic E-state index is 0.474. The molecule has 2 N–H and O–H groups in total. The van der Waals surface area contributed by atoms with Gasteiger partial charge < -0.3 is 10.5 Å². The molecular formula is C13H12BrNOS. The van der Waals surface area contributed by atoms with E-state index >= 15 is 0 Å². The van der Waals surface area contributed by atoms with Crippen molar-refractivity contribution in [2.24, 2.45) is 5.73 Å². The van der Waals surface area contributed by atoms with Gasteiger partial charge in [0, 0.05) is 6.42 Å². The minimum Gasteiger partial charge on any atom is -0.492 e. The predicted molar refractivity (Wildman–Crippen MR) is 78.5 cm³/mol. The Bertz CT molecular complexity index is 556. The van der Waals surface area contributed by atoms with Gasteiger partial charge in [0.2, 0.25) is 0 Å². The zero-order valence-electron chi connectivity index (χ0n) is 9.15. The van der Waals surface area contributed by atoms with E-state index in [9.17, 15) is 0 Å². The van der Waals surface area contributed by atoms with Gasteiger partial charge in [-0.15, -0.1) is 0 Å². The van der Waals surface area contributed by atoms with Crippen molar-refractivity contribution in [2.45, 2.75) is 6.42 Å². The first kappa shape index (κ1) is 12.3. The lowest BCUT2D eigenvalue weighted by atomic mass is 10.1. The molecule has 0 atom stereocenters. The highest BCUT2D eigenvalue weighted by Crippen LogP contribution is 2.32. The van der Waals surface area contributed by atoms with Gasteiger partial charge in [0.1, 0.15) is 5.75 Å². The van der Waals surface area contributed by atoms with Crippen LogP contribution in [0.1, 0.15) is 6.42 Å². The average molecular weight is 310 g/mol. The fourth-order valence-corrected chi connectivity index (χ4v) is 2.28. The molecule has 88 valence electrons. The molecule has 0 radical (unpaired) electrons. The van der Waals surface area contributed by atoms with Crippen molar-refractivity contribution in [3.8, 4) is 5.75 Å². The lowest BCUT2D eigenvalue weighted by Gasteiger charge is -2.09. The maximum Gasteiger partial charge on any atom is 0.134 e. The summed E-state index contributed by atoms with van der Waals surface area (Å²) in [4.78, 5) is 0.474. The van der Waals surface area contributed by atoms with Gasteiger partial charge in [0.25, 0.3) is 0 Å². The van der Waals surface area contributed by atoms with Crippen LogP contribution in [-0.4, -0.2) is 11.6 Å². The molecule has 0 aliphatic carbocycles. The summed E-state index contributed by atoms with van der Waals surface area (Å²) in [7, 11) is 0. The molecule has 0 bridgehead atoms. The Morgan fingerprint density at radius 3 is 2.76 bits per heavy atom. The van der Waals surface area contributed by atoms with Gasteiger partial charge in [0.15, 0.2) is 0 Å². The lowest BCUT2D eigenvalue weighted by Crippen LogP contribution is -2.12. The second-order valence-corrected chi connectivity index (χ2v) is 4.98. The first-order chi connectivity index (χ1) is 8.18. The molecule has 2 rings (SSSR count). The summed E-state index contributed by atoms with van der Waals surface area (Å²) in [6, 6.07) is 12.1. The summed E-state index contributed by atoms with van der Waals surface area (Å²) in [6.07, 6.45) is 0.592. The Morgan fingerprint density at radius 1 is 1.24 bits per heavy atom. The van der Waals surface area contributed by atoms with Crippen molar-refractivity contribution in [1.82, 2.24) is 0 Å². The summed E-state index contributed by atoms with van der Waals surface area (Å²) in [6.45, 7) is 0.506. The number of halogens is 1. The molecule has 0 heterocycles. The van der Waals surface area contributed by atoms with Crippen molar-refractivity contribution in [3.63, 3.8) is 0 Å². The summed E-state index contributed by atoms with van der Waals surface area (Å²) in [5.74, 6) is 0.819. The van der Waals surface area contributed by atoms with E-state index in [4.69, 9.17) is 22.7 Å². The first-order valence-electron chi connectivity index (χ1n) is 5.27. The van der Waals surface area contributed by atoms with Gasteiger partial charge in [-0.1, -0.05) is 42.5 Å². The Hall–Kier alpha value is -1.13. The third-order valence-corrected chi connectivity index (χ3v) is 3.46. The number of thiocarbonyl (C=S) groups is 1. The highest BCUT2D eigenvalue weighted by atomic mass is 79.9. The second kappa shape index (κ2) is 5.47. The van der Waals surface area contributed by atoms with E-state index in [0.29, 0.717) is 18.0 Å². The number of benzene rings is 2. The maximum atomic E-state index is 5.64. The van der Waals surface area contributed by atoms with Gasteiger partial charge in [-0.3, -0.25) is 0 Å². The van der Waals surface area contributed by atoms with Gasteiger partial charge in [0.05, 0.1) is 16.1 Å². The smallest absolute Gasteiger partial charge is 0.134 e. The van der Waals surface area contributed by atoms with Gasteiger partial charge in [-0.2, -0.15) is 0 Å². The van der Waals surface area contributed by atoms with Crippen molar-refractivity contribution < 1.29 is 4.74 Å². The van der Waals surface area contributed by atoms with Crippen LogP contribution >= 0.6 is 28.1 Å². The van der Waals surface area contributed by atoms with Gasteiger partial charge in [-0.05, 0) is 32.8 Å². The maximum absolute atomic E-state index is 5.64. The van der Waals surface area contributed by atoms with Crippen LogP contribution in [0.15, 0.2) is 40.9 Å². The van der Waals surface area contributed by atoms with E-state index < -0.39 is 0 Å². The first-order valence-corrected chi connectivity index (χ1v) is 6.47. The zero-order valence-corrected chi connectivity index (χ0v) is 11.6. The van der Waals surface area contributed by atoms with Crippen LogP contribution in [0.25, 0.3) is 10.8 Å². The molecule has 2 aromatic rings. The Balaban J connectivity index is 2.23. The molecule has 0 fully saturated rings. The topological polar surface area (TPSA) is 35.2 Å². The normalized spacial score (nSPS) is 10.4. The second-order valence-electron chi connectivity index (χ2n) is 3.66. The Labute approximate surface area is 114 Å². The molecule has 0 amide bonds. The van der Waals surface area contributed by atoms with Gasteiger partial charge in [-0.25, -0.2) is 0 Å². The zero-order chi connectivity index (χ0) is 12.3. The number of fused-ring (bicyclic) bond motifs is 1. The largest absolute Gasteiger partial charge is 0.492 e. The number of rotatable bonds is 4. The molecule has 2 nitrogen and oxygen atoms in total. The number of hydrogen-bond acceptors (Lipinski definition) is 2. The molecule has 0 aromatic heterocycles. The molecule has 0 spiro atoms. The fourth-order valence-electron chi connectivity index (χ4n) is 1.59. The number of nitrogens with two attached hydrogens (primary N) is 1. The summed E-state index contributed by atoms with van der Waals surface area (Å²) in [5.41, 5.74) is 5.42. The lowest BCUT2D eigenvalue weighted by molar-refractivity contribution is 0.328. The molecule has 0 aliphatic rings. The van der Waals surface area contributed by atoms with Crippen molar-refractivity contribution in [1.29, 1.82) is 0 Å². The highest BCUT2D eigenvalue weighted by Gasteiger charge is 2.05. The molecule has 17 heavy (non-hydrogen) atoms. The molecule has 0 aliphatic heterocycles. The van der Waals surface area contributed by atoms with Crippen LogP contribution in [0.3, 0.4) is 0 Å². The van der Waals surface area contributed by atoms with E-state index in [1.54, 1.807) is 0 Å². The molecular weight excluding hydrogens is 298 g/mol. The van der Waals surface area contributed by atoms with E-state index in [2.05, 4.69) is 28.1 Å². The highest BCUT2D eigenvalue weighted by molar-refractivity contribution is 9.10. The van der Waals surface area contributed by atoms with Crippen molar-refractivity contribution in [3.05, 3.63) is 40.9 Å². The van der Waals surface area contributed by atoms with Crippen LogP contribution < -0.4 is 10.5 Å². The SMILES string of the molecule is NC(=S)CCOc1ccc2ccccc2c1Br. The monoisotopic (exact) mass is 309 g/mol.